The molecule has 0 amide bonds. The summed E-state index contributed by atoms with van der Waals surface area (Å²) in [5.74, 6) is -0.194. The lowest BCUT2D eigenvalue weighted by Gasteiger charge is -2.71. The second-order valence-electron chi connectivity index (χ2n) is 20.1. The van der Waals surface area contributed by atoms with E-state index in [2.05, 4.69) is 47.6 Å². The molecular weight excluding hydrogens is 700 g/mol. The second-order valence-corrected chi connectivity index (χ2v) is 20.1. The summed E-state index contributed by atoms with van der Waals surface area (Å²) in [6.45, 7) is 12.9. The van der Waals surface area contributed by atoms with Crippen molar-refractivity contribution in [2.24, 2.45) is 50.2 Å². The molecule has 5 aliphatic carbocycles. The lowest BCUT2D eigenvalue weighted by molar-refractivity contribution is -0.352. The Morgan fingerprint density at radius 1 is 0.796 bits per heavy atom. The van der Waals surface area contributed by atoms with E-state index in [1.165, 1.54) is 5.57 Å². The standard InChI is InChI=1S/C41H66O13/c1-36(2)13-15-41(35(49)50)16-14-39(5)21(22(41)17-36)7-8-26-37(3)11-10-27(38(4,20-43)25(37)9-12-40(26,39)6)54-33-31(47)29(45)24(19-51-33)53-34-32(48)30(46)28(44)23(18-42)52-34/h7,22-34,42-48H,8-20H2,1-6H3,(H,49,50)/t22-,23+,24-,25-,26+,27-,28+,29+,30-,31+,32+,33+,34-,37-,38-,39+,40-,41+/m1/s1. The van der Waals surface area contributed by atoms with Crippen LogP contribution in [0.5, 0.6) is 0 Å². The average Bonchev–Trinajstić information content (AvgIpc) is 3.12. The van der Waals surface area contributed by atoms with Crippen LogP contribution in [-0.4, -0.2) is 128 Å². The van der Waals surface area contributed by atoms with Crippen LogP contribution in [-0.2, 0) is 23.7 Å². The number of carbonyl (C=O) groups is 1. The summed E-state index contributed by atoms with van der Waals surface area (Å²) in [4.78, 5) is 13.0. The Hall–Kier alpha value is -1.23. The fraction of sp³-hybridized carbons (Fsp3) is 0.927. The van der Waals surface area contributed by atoms with Crippen LogP contribution in [0.25, 0.3) is 0 Å². The third kappa shape index (κ3) is 5.92. The quantitative estimate of drug-likeness (QED) is 0.138. The van der Waals surface area contributed by atoms with Gasteiger partial charge in [-0.1, -0.05) is 53.2 Å². The molecule has 0 bridgehead atoms. The Bertz CT molecular complexity index is 1450. The smallest absolute Gasteiger partial charge is 0.310 e. The van der Waals surface area contributed by atoms with Gasteiger partial charge in [-0.2, -0.15) is 0 Å². The van der Waals surface area contributed by atoms with Crippen molar-refractivity contribution in [1.29, 1.82) is 0 Å². The number of fused-ring (bicyclic) bond motifs is 7. The van der Waals surface area contributed by atoms with Crippen molar-refractivity contribution in [3.8, 4) is 0 Å². The minimum atomic E-state index is -1.68. The highest BCUT2D eigenvalue weighted by molar-refractivity contribution is 5.76. The molecule has 54 heavy (non-hydrogen) atoms. The summed E-state index contributed by atoms with van der Waals surface area (Å²) in [6.07, 6.45) is -2.86. The first-order valence-electron chi connectivity index (χ1n) is 20.4. The molecule has 6 fully saturated rings. The summed E-state index contributed by atoms with van der Waals surface area (Å²) in [7, 11) is 0. The van der Waals surface area contributed by atoms with E-state index >= 15 is 0 Å². The van der Waals surface area contributed by atoms with E-state index in [0.29, 0.717) is 18.8 Å². The summed E-state index contributed by atoms with van der Waals surface area (Å²) >= 11 is 0. The molecule has 8 N–H and O–H groups in total. The summed E-state index contributed by atoms with van der Waals surface area (Å²) in [6, 6.07) is 0. The van der Waals surface area contributed by atoms with Gasteiger partial charge >= 0.3 is 5.97 Å². The average molecular weight is 767 g/mol. The molecular formula is C41H66O13. The molecule has 7 rings (SSSR count). The first-order chi connectivity index (χ1) is 25.2. The molecule has 0 unspecified atom stereocenters. The predicted octanol–water partition coefficient (Wildman–Crippen LogP) is 2.49. The first-order valence-corrected chi connectivity index (χ1v) is 20.4. The maximum Gasteiger partial charge on any atom is 0.310 e. The molecule has 0 aromatic rings. The van der Waals surface area contributed by atoms with Gasteiger partial charge in [-0.25, -0.2) is 0 Å². The van der Waals surface area contributed by atoms with Crippen molar-refractivity contribution >= 4 is 5.97 Å². The highest BCUT2D eigenvalue weighted by Crippen LogP contribution is 2.76. The van der Waals surface area contributed by atoms with Crippen LogP contribution in [0.3, 0.4) is 0 Å². The second kappa shape index (κ2) is 14.0. The van der Waals surface area contributed by atoms with Gasteiger partial charge in [0.05, 0.1) is 31.3 Å². The Labute approximate surface area is 319 Å². The van der Waals surface area contributed by atoms with Gasteiger partial charge in [0.25, 0.3) is 0 Å². The van der Waals surface area contributed by atoms with Gasteiger partial charge in [0.1, 0.15) is 42.7 Å². The van der Waals surface area contributed by atoms with Gasteiger partial charge in [0.2, 0.25) is 0 Å². The summed E-state index contributed by atoms with van der Waals surface area (Å²) in [5, 5.41) is 84.5. The van der Waals surface area contributed by atoms with Crippen molar-refractivity contribution < 1.29 is 64.6 Å². The summed E-state index contributed by atoms with van der Waals surface area (Å²) < 4.78 is 23.6. The van der Waals surface area contributed by atoms with E-state index < -0.39 is 84.8 Å². The zero-order chi connectivity index (χ0) is 39.4. The minimum Gasteiger partial charge on any atom is -0.481 e. The van der Waals surface area contributed by atoms with Crippen LogP contribution in [0.1, 0.15) is 106 Å². The molecule has 0 radical (unpaired) electrons. The number of carboxylic acids is 1. The Morgan fingerprint density at radius 3 is 2.15 bits per heavy atom. The SMILES string of the molecule is CC1(C)CC[C@]2(C(=O)O)CC[C@@]3(C)C(=CC[C@H]4[C@]5(C)CC[C@@H](O[C@@H]6OC[C@@H](O[C@H]7O[C@@H](CO)[C@H](O)[C@@H](O)[C@@H]7O)[C@H](O)[C@@H]6O)[C@](C)(CO)[C@@H]5CC[C@]43C)[C@H]2C1. The molecule has 13 nitrogen and oxygen atoms in total. The maximum atomic E-state index is 13.0. The van der Waals surface area contributed by atoms with Crippen LogP contribution in [0.4, 0.5) is 0 Å². The van der Waals surface area contributed by atoms with E-state index in [0.717, 1.165) is 51.4 Å². The van der Waals surface area contributed by atoms with Gasteiger partial charge in [0, 0.05) is 5.41 Å². The summed E-state index contributed by atoms with van der Waals surface area (Å²) in [5.41, 5.74) is -0.234. The number of aliphatic hydroxyl groups excluding tert-OH is 7. The molecule has 0 aromatic heterocycles. The maximum absolute atomic E-state index is 13.0. The van der Waals surface area contributed by atoms with Gasteiger partial charge in [-0.05, 0) is 104 Å². The van der Waals surface area contributed by atoms with Gasteiger partial charge in [0.15, 0.2) is 12.6 Å². The molecule has 2 heterocycles. The van der Waals surface area contributed by atoms with Crippen LogP contribution < -0.4 is 0 Å². The van der Waals surface area contributed by atoms with Crippen molar-refractivity contribution in [1.82, 2.24) is 0 Å². The number of rotatable bonds is 7. The Morgan fingerprint density at radius 2 is 1.48 bits per heavy atom. The molecule has 13 heteroatoms. The van der Waals surface area contributed by atoms with E-state index in [-0.39, 0.29) is 46.7 Å². The largest absolute Gasteiger partial charge is 0.481 e. The number of carboxylic acid groups (broad SMARTS) is 1. The molecule has 2 aliphatic heterocycles. The van der Waals surface area contributed by atoms with Gasteiger partial charge in [-0.15, -0.1) is 0 Å². The molecule has 0 spiro atoms. The Kier molecular flexibility index (Phi) is 10.6. The number of aliphatic carboxylic acids is 1. The van der Waals surface area contributed by atoms with Crippen molar-refractivity contribution in [3.05, 3.63) is 11.6 Å². The van der Waals surface area contributed by atoms with Crippen molar-refractivity contribution in [2.45, 2.75) is 167 Å². The predicted molar refractivity (Wildman–Crippen MR) is 193 cm³/mol. The number of hydrogen-bond donors (Lipinski definition) is 8. The zero-order valence-electron chi connectivity index (χ0n) is 32.9. The molecule has 7 aliphatic rings. The first kappa shape index (κ1) is 40.9. The van der Waals surface area contributed by atoms with Crippen LogP contribution in [0, 0.1) is 50.2 Å². The van der Waals surface area contributed by atoms with Gasteiger partial charge in [-0.3, -0.25) is 4.79 Å². The fourth-order valence-corrected chi connectivity index (χ4v) is 13.4. The number of allylic oxidation sites excluding steroid dienone is 2. The van der Waals surface area contributed by atoms with E-state index in [4.69, 9.17) is 18.9 Å². The van der Waals surface area contributed by atoms with E-state index in [1.54, 1.807) is 0 Å². The number of ether oxygens (including phenoxy) is 4. The Balaban J connectivity index is 1.08. The van der Waals surface area contributed by atoms with Gasteiger partial charge < -0.3 is 59.8 Å². The van der Waals surface area contributed by atoms with E-state index in [1.807, 2.05) is 0 Å². The normalized spacial score (nSPS) is 54.3. The minimum absolute atomic E-state index is 0.0344. The van der Waals surface area contributed by atoms with Crippen molar-refractivity contribution in [3.63, 3.8) is 0 Å². The van der Waals surface area contributed by atoms with E-state index in [9.17, 15) is 45.6 Å². The third-order valence-electron chi connectivity index (χ3n) is 17.0. The molecule has 0 aromatic carbocycles. The van der Waals surface area contributed by atoms with Crippen LogP contribution in [0.15, 0.2) is 11.6 Å². The van der Waals surface area contributed by atoms with Crippen LogP contribution >= 0.6 is 0 Å². The fourth-order valence-electron chi connectivity index (χ4n) is 13.4. The number of hydrogen-bond acceptors (Lipinski definition) is 12. The molecule has 4 saturated carbocycles. The molecule has 308 valence electrons. The van der Waals surface area contributed by atoms with Crippen molar-refractivity contribution in [2.75, 3.05) is 19.8 Å². The lowest BCUT2D eigenvalue weighted by atomic mass is 9.33. The third-order valence-corrected chi connectivity index (χ3v) is 17.0. The highest BCUT2D eigenvalue weighted by atomic mass is 16.7. The highest BCUT2D eigenvalue weighted by Gasteiger charge is 2.70. The molecule has 18 atom stereocenters. The zero-order valence-corrected chi connectivity index (χ0v) is 32.9. The lowest BCUT2D eigenvalue weighted by Crippen LogP contribution is -2.67. The number of aliphatic hydroxyl groups is 7. The monoisotopic (exact) mass is 766 g/mol. The van der Waals surface area contributed by atoms with Crippen LogP contribution in [0.2, 0.25) is 0 Å². The molecule has 2 saturated heterocycles. The topological polar surface area (TPSA) is 216 Å².